The lowest BCUT2D eigenvalue weighted by Crippen LogP contribution is -2.38. The monoisotopic (exact) mass is 502 g/mol. The summed E-state index contributed by atoms with van der Waals surface area (Å²) in [7, 11) is -3.64. The third-order valence-electron chi connectivity index (χ3n) is 5.96. The number of sulfonamides is 1. The summed E-state index contributed by atoms with van der Waals surface area (Å²) in [5, 5.41) is 8.35. The number of halogens is 2. The second kappa shape index (κ2) is 8.90. The zero-order valence-corrected chi connectivity index (χ0v) is 19.4. The van der Waals surface area contributed by atoms with Gasteiger partial charge in [0.15, 0.2) is 11.2 Å². The molecule has 1 N–H and O–H groups in total. The standard InChI is InChI=1S/C22H20ClFN6O3S/c23-16-5-7-17(8-6-16)34(32,33)29-11-9-14(10-12-29)20-25-21-19(22(31)26-20)27-28-30(21)13-15-3-1-2-4-18(15)24/h1-8,14H,9-13H2,(H,25,26,31). The first-order chi connectivity index (χ1) is 16.3. The van der Waals surface area contributed by atoms with Crippen LogP contribution in [0.15, 0.2) is 58.2 Å². The molecule has 3 heterocycles. The minimum Gasteiger partial charge on any atom is -0.308 e. The number of benzene rings is 2. The van der Waals surface area contributed by atoms with E-state index in [1.807, 2.05) is 0 Å². The molecule has 2 aromatic heterocycles. The number of piperidine rings is 1. The second-order valence-corrected chi connectivity index (χ2v) is 10.5. The molecule has 5 rings (SSSR count). The lowest BCUT2D eigenvalue weighted by atomic mass is 9.97. The Hall–Kier alpha value is -3.15. The zero-order chi connectivity index (χ0) is 23.9. The summed E-state index contributed by atoms with van der Waals surface area (Å²) in [6, 6.07) is 12.4. The Morgan fingerprint density at radius 1 is 1.09 bits per heavy atom. The highest BCUT2D eigenvalue weighted by Gasteiger charge is 2.31. The average molecular weight is 503 g/mol. The fourth-order valence-electron chi connectivity index (χ4n) is 4.10. The van der Waals surface area contributed by atoms with Gasteiger partial charge in [-0.15, -0.1) is 5.10 Å². The number of rotatable bonds is 5. The van der Waals surface area contributed by atoms with E-state index in [0.717, 1.165) is 0 Å². The number of nitrogens with one attached hydrogen (secondary N) is 1. The van der Waals surface area contributed by atoms with Crippen LogP contribution in [-0.4, -0.2) is 50.8 Å². The van der Waals surface area contributed by atoms with E-state index in [-0.39, 0.29) is 47.4 Å². The van der Waals surface area contributed by atoms with Crippen LogP contribution in [0.2, 0.25) is 5.02 Å². The number of nitrogens with zero attached hydrogens (tertiary/aromatic N) is 5. The molecule has 0 bridgehead atoms. The number of fused-ring (bicyclic) bond motifs is 1. The first-order valence-electron chi connectivity index (χ1n) is 10.7. The third-order valence-corrected chi connectivity index (χ3v) is 8.13. The van der Waals surface area contributed by atoms with E-state index in [2.05, 4.69) is 20.3 Å². The van der Waals surface area contributed by atoms with E-state index in [1.165, 1.54) is 27.2 Å². The predicted octanol–water partition coefficient (Wildman–Crippen LogP) is 2.92. The van der Waals surface area contributed by atoms with Gasteiger partial charge in [0, 0.05) is 29.6 Å². The molecule has 1 saturated heterocycles. The smallest absolute Gasteiger partial charge is 0.281 e. The largest absolute Gasteiger partial charge is 0.308 e. The molecular weight excluding hydrogens is 483 g/mol. The Kier molecular flexibility index (Phi) is 5.92. The Morgan fingerprint density at radius 3 is 2.50 bits per heavy atom. The molecule has 34 heavy (non-hydrogen) atoms. The molecule has 0 atom stereocenters. The number of hydrogen-bond donors (Lipinski definition) is 1. The molecule has 0 aliphatic carbocycles. The molecule has 1 aliphatic heterocycles. The molecule has 2 aromatic carbocycles. The van der Waals surface area contributed by atoms with Crippen LogP contribution in [0.4, 0.5) is 4.39 Å². The van der Waals surface area contributed by atoms with Gasteiger partial charge in [-0.25, -0.2) is 22.5 Å². The maximum atomic E-state index is 14.1. The van der Waals surface area contributed by atoms with E-state index >= 15 is 0 Å². The van der Waals surface area contributed by atoms with Crippen molar-refractivity contribution in [1.29, 1.82) is 0 Å². The van der Waals surface area contributed by atoms with Crippen LogP contribution in [-0.2, 0) is 16.6 Å². The molecular formula is C22H20ClFN6O3S. The van der Waals surface area contributed by atoms with Crippen LogP contribution in [0.25, 0.3) is 11.2 Å². The average Bonchev–Trinajstić information content (AvgIpc) is 3.24. The highest BCUT2D eigenvalue weighted by Crippen LogP contribution is 2.29. The van der Waals surface area contributed by atoms with Gasteiger partial charge in [0.1, 0.15) is 11.6 Å². The molecule has 0 radical (unpaired) electrons. The summed E-state index contributed by atoms with van der Waals surface area (Å²) < 4.78 is 42.8. The Labute approximate surface area is 199 Å². The predicted molar refractivity (Wildman–Crippen MR) is 124 cm³/mol. The fraction of sp³-hybridized carbons (Fsp3) is 0.273. The maximum Gasteiger partial charge on any atom is 0.281 e. The minimum atomic E-state index is -3.64. The van der Waals surface area contributed by atoms with E-state index in [1.54, 1.807) is 30.3 Å². The lowest BCUT2D eigenvalue weighted by Gasteiger charge is -2.30. The van der Waals surface area contributed by atoms with Crippen molar-refractivity contribution in [2.45, 2.75) is 30.2 Å². The van der Waals surface area contributed by atoms with Crippen molar-refractivity contribution < 1.29 is 12.8 Å². The van der Waals surface area contributed by atoms with Gasteiger partial charge < -0.3 is 4.98 Å². The van der Waals surface area contributed by atoms with Gasteiger partial charge >= 0.3 is 0 Å². The summed E-state index contributed by atoms with van der Waals surface area (Å²) >= 11 is 5.87. The van der Waals surface area contributed by atoms with Gasteiger partial charge in [-0.05, 0) is 43.2 Å². The Morgan fingerprint density at radius 2 is 1.79 bits per heavy atom. The van der Waals surface area contributed by atoms with Gasteiger partial charge in [-0.3, -0.25) is 4.79 Å². The van der Waals surface area contributed by atoms with Crippen LogP contribution in [0.5, 0.6) is 0 Å². The van der Waals surface area contributed by atoms with Crippen LogP contribution in [0.3, 0.4) is 0 Å². The van der Waals surface area contributed by atoms with Crippen molar-refractivity contribution in [2.75, 3.05) is 13.1 Å². The first-order valence-corrected chi connectivity index (χ1v) is 12.5. The number of aromatic nitrogens is 5. The second-order valence-electron chi connectivity index (χ2n) is 8.09. The summed E-state index contributed by atoms with van der Waals surface area (Å²) in [4.78, 5) is 20.1. The van der Waals surface area contributed by atoms with Crippen LogP contribution in [0.1, 0.15) is 30.1 Å². The normalized spacial score (nSPS) is 15.7. The molecule has 0 unspecified atom stereocenters. The van der Waals surface area contributed by atoms with Gasteiger partial charge in [-0.2, -0.15) is 4.31 Å². The highest BCUT2D eigenvalue weighted by atomic mass is 35.5. The number of hydrogen-bond acceptors (Lipinski definition) is 6. The molecule has 0 amide bonds. The van der Waals surface area contributed by atoms with Gasteiger partial charge in [-0.1, -0.05) is 35.0 Å². The molecule has 0 spiro atoms. The van der Waals surface area contributed by atoms with Gasteiger partial charge in [0.25, 0.3) is 5.56 Å². The summed E-state index contributed by atoms with van der Waals surface area (Å²) in [5.74, 6) is -0.0887. The van der Waals surface area contributed by atoms with E-state index in [0.29, 0.717) is 29.3 Å². The van der Waals surface area contributed by atoms with Crippen molar-refractivity contribution in [3.63, 3.8) is 0 Å². The van der Waals surface area contributed by atoms with Crippen molar-refractivity contribution in [1.82, 2.24) is 29.3 Å². The van der Waals surface area contributed by atoms with Crippen LogP contribution in [0, 0.1) is 5.82 Å². The van der Waals surface area contributed by atoms with Gasteiger partial charge in [0.05, 0.1) is 11.4 Å². The molecule has 0 saturated carbocycles. The number of H-pyrrole nitrogens is 1. The third kappa shape index (κ3) is 4.22. The minimum absolute atomic E-state index is 0.0721. The summed E-state index contributed by atoms with van der Waals surface area (Å²) in [6.45, 7) is 0.644. The first kappa shape index (κ1) is 22.6. The van der Waals surface area contributed by atoms with E-state index in [4.69, 9.17) is 11.6 Å². The Bertz CT molecular complexity index is 1510. The van der Waals surface area contributed by atoms with Crippen molar-refractivity contribution in [3.05, 3.63) is 81.1 Å². The van der Waals surface area contributed by atoms with Crippen LogP contribution < -0.4 is 5.56 Å². The van der Waals surface area contributed by atoms with E-state index < -0.39 is 15.6 Å². The molecule has 1 aliphatic rings. The van der Waals surface area contributed by atoms with Crippen molar-refractivity contribution in [3.8, 4) is 0 Å². The zero-order valence-electron chi connectivity index (χ0n) is 17.9. The Balaban J connectivity index is 1.37. The van der Waals surface area contributed by atoms with Crippen molar-refractivity contribution >= 4 is 32.8 Å². The maximum absolute atomic E-state index is 14.1. The lowest BCUT2D eigenvalue weighted by molar-refractivity contribution is 0.313. The molecule has 12 heteroatoms. The van der Waals surface area contributed by atoms with E-state index in [9.17, 15) is 17.6 Å². The summed E-state index contributed by atoms with van der Waals surface area (Å²) in [5.41, 5.74) is 0.302. The molecule has 4 aromatic rings. The quantitative estimate of drug-likeness (QED) is 0.449. The molecule has 176 valence electrons. The van der Waals surface area contributed by atoms with Crippen LogP contribution >= 0.6 is 11.6 Å². The highest BCUT2D eigenvalue weighted by molar-refractivity contribution is 7.89. The SMILES string of the molecule is O=c1[nH]c(C2CCN(S(=O)(=O)c3ccc(Cl)cc3)CC2)nc2c1nnn2Cc1ccccc1F. The van der Waals surface area contributed by atoms with Gasteiger partial charge in [0.2, 0.25) is 10.0 Å². The van der Waals surface area contributed by atoms with Crippen molar-refractivity contribution in [2.24, 2.45) is 0 Å². The summed E-state index contributed by atoms with van der Waals surface area (Å²) in [6.07, 6.45) is 0.965. The molecule has 9 nitrogen and oxygen atoms in total. The topological polar surface area (TPSA) is 114 Å². The number of aromatic amines is 1. The molecule has 1 fully saturated rings. The fourth-order valence-corrected chi connectivity index (χ4v) is 5.69.